The lowest BCUT2D eigenvalue weighted by Crippen LogP contribution is -2.31. The van der Waals surface area contributed by atoms with Crippen molar-refractivity contribution in [2.75, 3.05) is 6.54 Å². The Morgan fingerprint density at radius 3 is 2.37 bits per heavy atom. The van der Waals surface area contributed by atoms with Gasteiger partial charge in [-0.1, -0.05) is 0 Å². The van der Waals surface area contributed by atoms with Crippen LogP contribution in [0.15, 0.2) is 18.2 Å². The molecule has 0 spiro atoms. The third-order valence-corrected chi connectivity index (χ3v) is 2.77. The van der Waals surface area contributed by atoms with Crippen molar-refractivity contribution in [2.45, 2.75) is 12.8 Å². The van der Waals surface area contributed by atoms with Crippen LogP contribution in [-0.4, -0.2) is 44.2 Å². The number of imide groups is 1. The van der Waals surface area contributed by atoms with Crippen LogP contribution in [0.5, 0.6) is 11.8 Å². The molecule has 7 heteroatoms. The molecule has 2 amide bonds. The van der Waals surface area contributed by atoms with Gasteiger partial charge < -0.3 is 10.2 Å². The second-order valence-corrected chi connectivity index (χ2v) is 4.11. The van der Waals surface area contributed by atoms with Crippen LogP contribution in [0.1, 0.15) is 23.2 Å². The number of nitrogens with one attached hydrogen (secondary N) is 1. The smallest absolute Gasteiger partial charge is 0.253 e. The molecule has 0 bridgehead atoms. The van der Waals surface area contributed by atoms with Crippen molar-refractivity contribution in [3.63, 3.8) is 0 Å². The zero-order chi connectivity index (χ0) is 14.0. The molecule has 0 aliphatic carbocycles. The highest BCUT2D eigenvalue weighted by Gasteiger charge is 2.23. The number of aromatic nitrogens is 1. The van der Waals surface area contributed by atoms with E-state index in [9.17, 15) is 19.5 Å². The second-order valence-electron chi connectivity index (χ2n) is 4.11. The normalized spacial score (nSPS) is 14.4. The van der Waals surface area contributed by atoms with Crippen molar-refractivity contribution in [1.29, 1.82) is 0 Å². The molecule has 0 radical (unpaired) electrons. The molecule has 1 aromatic heterocycles. The van der Waals surface area contributed by atoms with Gasteiger partial charge in [-0.2, -0.15) is 0 Å². The number of hydrogen-bond donors (Lipinski definition) is 3. The molecule has 2 heterocycles. The van der Waals surface area contributed by atoms with E-state index in [4.69, 9.17) is 5.11 Å². The van der Waals surface area contributed by atoms with Gasteiger partial charge in [0.15, 0.2) is 11.7 Å². The fraction of sp³-hybridized carbons (Fsp3) is 0.250. The van der Waals surface area contributed by atoms with Crippen LogP contribution in [0.25, 0.3) is 0 Å². The minimum Gasteiger partial charge on any atom is -0.494 e. The zero-order valence-electron chi connectivity index (χ0n) is 9.92. The SMILES string of the molecule is O=C(CCCN1C(=O)C=CC1=O)c1cc(O)[nH]c1O. The Labute approximate surface area is 108 Å². The van der Waals surface area contributed by atoms with Crippen LogP contribution in [0.3, 0.4) is 0 Å². The minimum absolute atomic E-state index is 0.00491. The van der Waals surface area contributed by atoms with E-state index in [0.29, 0.717) is 6.42 Å². The average Bonchev–Trinajstić information content (AvgIpc) is 2.84. The summed E-state index contributed by atoms with van der Waals surface area (Å²) in [6, 6.07) is 1.13. The molecule has 19 heavy (non-hydrogen) atoms. The van der Waals surface area contributed by atoms with E-state index in [0.717, 1.165) is 11.0 Å². The van der Waals surface area contributed by atoms with Gasteiger partial charge in [0.25, 0.3) is 11.8 Å². The molecule has 2 rings (SSSR count). The zero-order valence-corrected chi connectivity index (χ0v) is 9.92. The summed E-state index contributed by atoms with van der Waals surface area (Å²) in [5, 5.41) is 18.4. The van der Waals surface area contributed by atoms with Gasteiger partial charge in [0.1, 0.15) is 0 Å². The summed E-state index contributed by atoms with van der Waals surface area (Å²) in [6.07, 6.45) is 2.71. The third kappa shape index (κ3) is 2.65. The molecule has 0 aromatic carbocycles. The van der Waals surface area contributed by atoms with E-state index in [1.807, 2.05) is 0 Å². The maximum absolute atomic E-state index is 11.7. The van der Waals surface area contributed by atoms with E-state index in [2.05, 4.69) is 4.98 Å². The molecule has 0 atom stereocenters. The van der Waals surface area contributed by atoms with Gasteiger partial charge in [-0.3, -0.25) is 24.3 Å². The number of ketones is 1. The predicted octanol–water partition coefficient (Wildman–Crippen LogP) is 0.314. The number of aromatic hydroxyl groups is 2. The molecule has 3 N–H and O–H groups in total. The Bertz CT molecular complexity index is 555. The summed E-state index contributed by atoms with van der Waals surface area (Å²) < 4.78 is 0. The third-order valence-electron chi connectivity index (χ3n) is 2.77. The maximum atomic E-state index is 11.7. The van der Waals surface area contributed by atoms with E-state index < -0.39 is 5.88 Å². The van der Waals surface area contributed by atoms with E-state index >= 15 is 0 Å². The molecule has 1 aromatic rings. The standard InChI is InChI=1S/C12H12N2O5/c15-8(7-6-9(16)13-12(7)19)2-1-5-14-10(17)3-4-11(14)18/h3-4,6,13,16,19H,1-2,5H2. The Balaban J connectivity index is 1.86. The number of rotatable bonds is 5. The van der Waals surface area contributed by atoms with E-state index in [1.54, 1.807) is 0 Å². The number of carbonyl (C=O) groups is 3. The van der Waals surface area contributed by atoms with Crippen molar-refractivity contribution in [3.05, 3.63) is 23.8 Å². The van der Waals surface area contributed by atoms with E-state index in [1.165, 1.54) is 12.2 Å². The van der Waals surface area contributed by atoms with Crippen LogP contribution in [-0.2, 0) is 9.59 Å². The van der Waals surface area contributed by atoms with Gasteiger partial charge >= 0.3 is 0 Å². The van der Waals surface area contributed by atoms with Crippen molar-refractivity contribution in [2.24, 2.45) is 0 Å². The molecular weight excluding hydrogens is 252 g/mol. The first-order valence-electron chi connectivity index (χ1n) is 5.66. The molecular formula is C12H12N2O5. The summed E-state index contributed by atoms with van der Waals surface area (Å²) >= 11 is 0. The summed E-state index contributed by atoms with van der Waals surface area (Å²) in [6.45, 7) is 0.146. The summed E-state index contributed by atoms with van der Waals surface area (Å²) in [7, 11) is 0. The topological polar surface area (TPSA) is 111 Å². The number of aromatic amines is 1. The maximum Gasteiger partial charge on any atom is 0.253 e. The Hall–Kier alpha value is -2.57. The van der Waals surface area contributed by atoms with Crippen LogP contribution < -0.4 is 0 Å². The Morgan fingerprint density at radius 1 is 1.21 bits per heavy atom. The van der Waals surface area contributed by atoms with Crippen LogP contribution in [0.4, 0.5) is 0 Å². The fourth-order valence-corrected chi connectivity index (χ4v) is 1.83. The van der Waals surface area contributed by atoms with Gasteiger partial charge in [0.2, 0.25) is 5.88 Å². The van der Waals surface area contributed by atoms with Crippen molar-refractivity contribution in [3.8, 4) is 11.8 Å². The number of carbonyl (C=O) groups excluding carboxylic acids is 3. The number of amides is 2. The van der Waals surface area contributed by atoms with Gasteiger partial charge in [-0.05, 0) is 6.42 Å². The van der Waals surface area contributed by atoms with Crippen LogP contribution >= 0.6 is 0 Å². The van der Waals surface area contributed by atoms with Gasteiger partial charge in [0.05, 0.1) is 5.56 Å². The van der Waals surface area contributed by atoms with E-state index in [-0.39, 0.29) is 42.0 Å². The molecule has 7 nitrogen and oxygen atoms in total. The number of nitrogens with zero attached hydrogens (tertiary/aromatic N) is 1. The molecule has 0 saturated heterocycles. The Morgan fingerprint density at radius 2 is 1.84 bits per heavy atom. The molecule has 100 valence electrons. The largest absolute Gasteiger partial charge is 0.494 e. The lowest BCUT2D eigenvalue weighted by Gasteiger charge is -2.12. The second kappa shape index (κ2) is 4.97. The highest BCUT2D eigenvalue weighted by atomic mass is 16.3. The summed E-state index contributed by atoms with van der Waals surface area (Å²) in [5.41, 5.74) is -0.00491. The lowest BCUT2D eigenvalue weighted by molar-refractivity contribution is -0.136. The molecule has 1 aliphatic heterocycles. The highest BCUT2D eigenvalue weighted by Crippen LogP contribution is 2.23. The molecule has 0 unspecified atom stereocenters. The van der Waals surface area contributed by atoms with Gasteiger partial charge in [0, 0.05) is 31.2 Å². The van der Waals surface area contributed by atoms with Gasteiger partial charge in [-0.25, -0.2) is 0 Å². The fourth-order valence-electron chi connectivity index (χ4n) is 1.83. The average molecular weight is 264 g/mol. The van der Waals surface area contributed by atoms with Crippen molar-refractivity contribution < 1.29 is 24.6 Å². The monoisotopic (exact) mass is 264 g/mol. The van der Waals surface area contributed by atoms with Gasteiger partial charge in [-0.15, -0.1) is 0 Å². The first-order valence-corrected chi connectivity index (χ1v) is 5.66. The van der Waals surface area contributed by atoms with Crippen LogP contribution in [0, 0.1) is 0 Å². The van der Waals surface area contributed by atoms with Crippen molar-refractivity contribution >= 4 is 17.6 Å². The molecule has 1 aliphatic rings. The number of hydrogen-bond acceptors (Lipinski definition) is 5. The van der Waals surface area contributed by atoms with Crippen molar-refractivity contribution in [1.82, 2.24) is 9.88 Å². The quantitative estimate of drug-likeness (QED) is 0.523. The Kier molecular flexibility index (Phi) is 3.37. The highest BCUT2D eigenvalue weighted by molar-refractivity contribution is 6.12. The number of H-pyrrole nitrogens is 1. The predicted molar refractivity (Wildman–Crippen MR) is 63.5 cm³/mol. The lowest BCUT2D eigenvalue weighted by atomic mass is 10.1. The molecule has 0 saturated carbocycles. The first kappa shape index (κ1) is 12.9. The number of Topliss-reactive ketones (excluding diaryl/α,β-unsaturated/α-hetero) is 1. The minimum atomic E-state index is -0.391. The van der Waals surface area contributed by atoms with Crippen LogP contribution in [0.2, 0.25) is 0 Å². The summed E-state index contributed by atoms with van der Waals surface area (Å²) in [5.74, 6) is -1.84. The summed E-state index contributed by atoms with van der Waals surface area (Å²) in [4.78, 5) is 37.4. The molecule has 0 fully saturated rings. The first-order chi connectivity index (χ1) is 8.99.